The van der Waals surface area contributed by atoms with E-state index in [1.165, 1.54) is 5.56 Å². The van der Waals surface area contributed by atoms with E-state index in [2.05, 4.69) is 30.4 Å². The lowest BCUT2D eigenvalue weighted by Crippen LogP contribution is -2.31. The van der Waals surface area contributed by atoms with Crippen LogP contribution in [0.4, 0.5) is 5.69 Å². The molecule has 108 valence electrons. The van der Waals surface area contributed by atoms with E-state index < -0.39 is 0 Å². The highest BCUT2D eigenvalue weighted by Crippen LogP contribution is 2.33. The summed E-state index contributed by atoms with van der Waals surface area (Å²) < 4.78 is 5.84. The second kappa shape index (κ2) is 5.54. The van der Waals surface area contributed by atoms with Crippen LogP contribution in [0, 0.1) is 0 Å². The van der Waals surface area contributed by atoms with E-state index in [-0.39, 0.29) is 18.1 Å². The van der Waals surface area contributed by atoms with E-state index in [4.69, 9.17) is 4.74 Å². The van der Waals surface area contributed by atoms with Gasteiger partial charge in [0, 0.05) is 19.3 Å². The first-order chi connectivity index (χ1) is 9.70. The summed E-state index contributed by atoms with van der Waals surface area (Å²) in [5, 5.41) is 3.53. The van der Waals surface area contributed by atoms with Crippen molar-refractivity contribution in [3.63, 3.8) is 0 Å². The first kappa shape index (κ1) is 13.6. The summed E-state index contributed by atoms with van der Waals surface area (Å²) in [7, 11) is 1.84. The number of nitrogens with zero attached hydrogens (tertiary/aromatic N) is 1. The zero-order chi connectivity index (χ0) is 14.1. The number of benzene rings is 1. The fourth-order valence-corrected chi connectivity index (χ4v) is 3.23. The van der Waals surface area contributed by atoms with Crippen molar-refractivity contribution in [3.05, 3.63) is 29.3 Å². The molecule has 1 N–H and O–H groups in total. The summed E-state index contributed by atoms with van der Waals surface area (Å²) in [5.41, 5.74) is 3.41. The molecule has 2 aliphatic heterocycles. The zero-order valence-electron chi connectivity index (χ0n) is 12.2. The number of ether oxygens (including phenoxy) is 1. The minimum Gasteiger partial charge on any atom is -0.376 e. The maximum atomic E-state index is 11.8. The van der Waals surface area contributed by atoms with Crippen LogP contribution >= 0.6 is 0 Å². The molecule has 0 aromatic heterocycles. The van der Waals surface area contributed by atoms with E-state index in [9.17, 15) is 4.79 Å². The molecule has 1 saturated heterocycles. The lowest BCUT2D eigenvalue weighted by Gasteiger charge is -2.25. The number of carbonyl (C=O) groups is 1. The molecule has 2 atom stereocenters. The molecule has 4 heteroatoms. The maximum Gasteiger partial charge on any atom is 0.231 e. The van der Waals surface area contributed by atoms with Gasteiger partial charge < -0.3 is 15.0 Å². The van der Waals surface area contributed by atoms with Gasteiger partial charge in [-0.05, 0) is 36.6 Å². The molecule has 0 bridgehead atoms. The van der Waals surface area contributed by atoms with Gasteiger partial charge in [0.1, 0.15) is 0 Å². The molecule has 2 heterocycles. The van der Waals surface area contributed by atoms with Gasteiger partial charge in [-0.15, -0.1) is 0 Å². The number of carbonyl (C=O) groups excluding carboxylic acids is 1. The third-order valence-electron chi connectivity index (χ3n) is 4.30. The van der Waals surface area contributed by atoms with Crippen molar-refractivity contribution < 1.29 is 9.53 Å². The Morgan fingerprint density at radius 2 is 2.35 bits per heavy atom. The second-order valence-corrected chi connectivity index (χ2v) is 5.60. The highest BCUT2D eigenvalue weighted by atomic mass is 16.5. The van der Waals surface area contributed by atoms with Crippen LogP contribution in [-0.4, -0.2) is 32.2 Å². The molecule has 2 unspecified atom stereocenters. The first-order valence-corrected chi connectivity index (χ1v) is 7.45. The predicted octanol–water partition coefficient (Wildman–Crippen LogP) is 2.04. The quantitative estimate of drug-likeness (QED) is 0.913. The van der Waals surface area contributed by atoms with Crippen molar-refractivity contribution >= 4 is 11.6 Å². The largest absolute Gasteiger partial charge is 0.376 e. The fourth-order valence-electron chi connectivity index (χ4n) is 3.23. The molecule has 1 fully saturated rings. The Kier molecular flexibility index (Phi) is 3.76. The Labute approximate surface area is 120 Å². The van der Waals surface area contributed by atoms with Crippen molar-refractivity contribution in [2.75, 3.05) is 25.1 Å². The molecular weight excluding hydrogens is 252 g/mol. The molecule has 4 nitrogen and oxygen atoms in total. The monoisotopic (exact) mass is 274 g/mol. The van der Waals surface area contributed by atoms with Gasteiger partial charge in [0.15, 0.2) is 0 Å². The van der Waals surface area contributed by atoms with E-state index in [0.29, 0.717) is 6.42 Å². The van der Waals surface area contributed by atoms with Crippen LogP contribution in [-0.2, 0) is 16.0 Å². The lowest BCUT2D eigenvalue weighted by atomic mass is 9.96. The Morgan fingerprint density at radius 3 is 3.05 bits per heavy atom. The van der Waals surface area contributed by atoms with Gasteiger partial charge in [-0.2, -0.15) is 0 Å². The molecule has 20 heavy (non-hydrogen) atoms. The normalized spacial score (nSPS) is 23.2. The van der Waals surface area contributed by atoms with Crippen molar-refractivity contribution in [3.8, 4) is 0 Å². The van der Waals surface area contributed by atoms with E-state index in [0.717, 1.165) is 37.2 Å². The molecule has 1 aromatic carbocycles. The van der Waals surface area contributed by atoms with E-state index >= 15 is 0 Å². The average molecular weight is 274 g/mol. The molecule has 3 rings (SSSR count). The fraction of sp³-hybridized carbons (Fsp3) is 0.562. The summed E-state index contributed by atoms with van der Waals surface area (Å²) in [4.78, 5) is 13.5. The molecule has 0 radical (unpaired) electrons. The molecule has 0 aliphatic carbocycles. The lowest BCUT2D eigenvalue weighted by molar-refractivity contribution is -0.117. The van der Waals surface area contributed by atoms with Crippen LogP contribution in [0.15, 0.2) is 18.2 Å². The maximum absolute atomic E-state index is 11.8. The van der Waals surface area contributed by atoms with E-state index in [1.54, 1.807) is 4.90 Å². The van der Waals surface area contributed by atoms with Gasteiger partial charge in [0.2, 0.25) is 5.91 Å². The second-order valence-electron chi connectivity index (χ2n) is 5.60. The van der Waals surface area contributed by atoms with Gasteiger partial charge in [0.25, 0.3) is 0 Å². The minimum atomic E-state index is 0.175. The van der Waals surface area contributed by atoms with Crippen LogP contribution in [0.25, 0.3) is 0 Å². The molecule has 0 spiro atoms. The van der Waals surface area contributed by atoms with Crippen molar-refractivity contribution in [2.45, 2.75) is 38.3 Å². The number of fused-ring (bicyclic) bond motifs is 1. The Morgan fingerprint density at radius 1 is 1.50 bits per heavy atom. The van der Waals surface area contributed by atoms with Gasteiger partial charge >= 0.3 is 0 Å². The van der Waals surface area contributed by atoms with Crippen LogP contribution in [0.5, 0.6) is 0 Å². The summed E-state index contributed by atoms with van der Waals surface area (Å²) in [6.07, 6.45) is 3.01. The van der Waals surface area contributed by atoms with Crippen molar-refractivity contribution in [1.29, 1.82) is 0 Å². The first-order valence-electron chi connectivity index (χ1n) is 7.45. The minimum absolute atomic E-state index is 0.175. The van der Waals surface area contributed by atoms with Gasteiger partial charge in [-0.1, -0.05) is 19.1 Å². The van der Waals surface area contributed by atoms with Crippen LogP contribution in [0.3, 0.4) is 0 Å². The predicted molar refractivity (Wildman–Crippen MR) is 78.9 cm³/mol. The number of hydrogen-bond donors (Lipinski definition) is 1. The summed E-state index contributed by atoms with van der Waals surface area (Å²) in [6.45, 7) is 3.89. The van der Waals surface area contributed by atoms with Crippen LogP contribution in [0.2, 0.25) is 0 Å². The highest BCUT2D eigenvalue weighted by Gasteiger charge is 2.29. The van der Waals surface area contributed by atoms with Gasteiger partial charge in [0.05, 0.1) is 18.6 Å². The number of anilines is 1. The summed E-state index contributed by atoms with van der Waals surface area (Å²) in [5.74, 6) is 0.175. The Bertz CT molecular complexity index is 509. The third kappa shape index (κ3) is 2.34. The number of likely N-dealkylation sites (N-methyl/N-ethyl adjacent to an activating group) is 2. The van der Waals surface area contributed by atoms with Crippen LogP contribution < -0.4 is 10.2 Å². The summed E-state index contributed by atoms with van der Waals surface area (Å²) >= 11 is 0. The highest BCUT2D eigenvalue weighted by molar-refractivity contribution is 6.00. The molecule has 1 amide bonds. The Balaban J connectivity index is 1.88. The van der Waals surface area contributed by atoms with Crippen LogP contribution in [0.1, 0.15) is 36.9 Å². The van der Waals surface area contributed by atoms with Crippen molar-refractivity contribution in [2.24, 2.45) is 0 Å². The number of hydrogen-bond acceptors (Lipinski definition) is 3. The molecule has 1 aromatic rings. The SMILES string of the molecule is CCNC(c1ccc2c(c1)CC(=O)N2C)C1CCCO1. The van der Waals surface area contributed by atoms with Gasteiger partial charge in [-0.25, -0.2) is 0 Å². The van der Waals surface area contributed by atoms with Crippen molar-refractivity contribution in [1.82, 2.24) is 5.32 Å². The van der Waals surface area contributed by atoms with E-state index in [1.807, 2.05) is 7.05 Å². The molecule has 0 saturated carbocycles. The molecule has 2 aliphatic rings. The van der Waals surface area contributed by atoms with Gasteiger partial charge in [-0.3, -0.25) is 4.79 Å². The number of rotatable bonds is 4. The smallest absolute Gasteiger partial charge is 0.231 e. The topological polar surface area (TPSA) is 41.6 Å². The molecular formula is C16H22N2O2. The zero-order valence-corrected chi connectivity index (χ0v) is 12.2. The Hall–Kier alpha value is -1.39. The number of amides is 1. The standard InChI is InChI=1S/C16H22N2O2/c1-3-17-16(14-5-4-8-20-14)11-6-7-13-12(9-11)10-15(19)18(13)2/h6-7,9,14,16-17H,3-5,8,10H2,1-2H3. The third-order valence-corrected chi connectivity index (χ3v) is 4.30. The average Bonchev–Trinajstić information content (AvgIpc) is 3.06. The number of nitrogens with one attached hydrogen (secondary N) is 1. The summed E-state index contributed by atoms with van der Waals surface area (Å²) in [6, 6.07) is 6.59.